The number of carbonyl (C=O) groups is 1. The maximum Gasteiger partial charge on any atom is 0.494 e. The SMILES string of the molecule is COC(CCC(CCOC(N)=O)c1ccc(B2OC(C)(C)C(C)(C)O2)cc1)C(C)(C)C. The number of amides is 1. The van der Waals surface area contributed by atoms with Crippen LogP contribution in [0.25, 0.3) is 0 Å². The maximum absolute atomic E-state index is 11.0. The van der Waals surface area contributed by atoms with Gasteiger partial charge >= 0.3 is 13.2 Å². The topological polar surface area (TPSA) is 80.0 Å². The molecule has 1 aliphatic heterocycles. The van der Waals surface area contributed by atoms with E-state index in [1.807, 2.05) is 0 Å². The van der Waals surface area contributed by atoms with E-state index in [1.165, 1.54) is 5.56 Å². The first kappa shape index (κ1) is 25.7. The summed E-state index contributed by atoms with van der Waals surface area (Å²) in [6.45, 7) is 15.1. The Kier molecular flexibility index (Phi) is 8.23. The highest BCUT2D eigenvalue weighted by atomic mass is 16.7. The largest absolute Gasteiger partial charge is 0.494 e. The number of hydrogen-bond acceptors (Lipinski definition) is 5. The minimum absolute atomic E-state index is 0.0592. The summed E-state index contributed by atoms with van der Waals surface area (Å²) in [6.07, 6.45) is 1.96. The van der Waals surface area contributed by atoms with E-state index in [0.717, 1.165) is 18.3 Å². The maximum atomic E-state index is 11.0. The normalized spacial score (nSPS) is 19.8. The monoisotopic (exact) mass is 433 g/mol. The Balaban J connectivity index is 2.13. The molecule has 1 aromatic rings. The van der Waals surface area contributed by atoms with Gasteiger partial charge in [-0.15, -0.1) is 0 Å². The number of carbonyl (C=O) groups excluding carboxylic acids is 1. The molecule has 1 amide bonds. The standard InChI is InChI=1S/C24H40BNO5/c1-22(2,3)20(28-8)14-11-18(15-16-29-21(26)27)17-9-12-19(13-10-17)25-30-23(4,5)24(6,7)31-25/h9-10,12-13,18,20H,11,14-16H2,1-8H3,(H2,26,27). The summed E-state index contributed by atoms with van der Waals surface area (Å²) in [5, 5.41) is 0. The van der Waals surface area contributed by atoms with Gasteiger partial charge in [0.25, 0.3) is 0 Å². The van der Waals surface area contributed by atoms with Crippen molar-refractivity contribution < 1.29 is 23.6 Å². The van der Waals surface area contributed by atoms with E-state index >= 15 is 0 Å². The van der Waals surface area contributed by atoms with Crippen LogP contribution >= 0.6 is 0 Å². The lowest BCUT2D eigenvalue weighted by molar-refractivity contribution is 0.00578. The molecule has 2 atom stereocenters. The van der Waals surface area contributed by atoms with Crippen LogP contribution in [0.2, 0.25) is 0 Å². The van der Waals surface area contributed by atoms with Crippen molar-refractivity contribution in [1.29, 1.82) is 0 Å². The van der Waals surface area contributed by atoms with Gasteiger partial charge in [-0.05, 0) is 69.3 Å². The molecule has 0 aliphatic carbocycles. The molecule has 0 aromatic heterocycles. The number of methoxy groups -OCH3 is 1. The van der Waals surface area contributed by atoms with E-state index in [1.54, 1.807) is 7.11 Å². The molecule has 0 bridgehead atoms. The molecule has 1 saturated heterocycles. The molecule has 0 radical (unpaired) electrons. The molecule has 1 aromatic carbocycles. The molecule has 7 heteroatoms. The van der Waals surface area contributed by atoms with Gasteiger partial charge in [0.05, 0.1) is 23.9 Å². The molecule has 2 rings (SSSR count). The van der Waals surface area contributed by atoms with E-state index in [0.29, 0.717) is 13.0 Å². The number of rotatable bonds is 9. The van der Waals surface area contributed by atoms with Crippen molar-refractivity contribution in [3.05, 3.63) is 29.8 Å². The van der Waals surface area contributed by atoms with Crippen LogP contribution in [-0.4, -0.2) is 44.2 Å². The van der Waals surface area contributed by atoms with Crippen LogP contribution in [0.5, 0.6) is 0 Å². The van der Waals surface area contributed by atoms with Crippen molar-refractivity contribution in [3.8, 4) is 0 Å². The molecule has 6 nitrogen and oxygen atoms in total. The van der Waals surface area contributed by atoms with Crippen LogP contribution in [0.4, 0.5) is 4.79 Å². The second-order valence-electron chi connectivity index (χ2n) is 10.6. The highest BCUT2D eigenvalue weighted by molar-refractivity contribution is 6.62. The quantitative estimate of drug-likeness (QED) is 0.584. The van der Waals surface area contributed by atoms with Gasteiger partial charge in [0, 0.05) is 7.11 Å². The van der Waals surface area contributed by atoms with Crippen molar-refractivity contribution in [2.45, 2.75) is 91.0 Å². The van der Waals surface area contributed by atoms with Gasteiger partial charge in [0.2, 0.25) is 0 Å². The van der Waals surface area contributed by atoms with Crippen LogP contribution in [0, 0.1) is 5.41 Å². The Labute approximate surface area is 188 Å². The van der Waals surface area contributed by atoms with Gasteiger partial charge in [-0.2, -0.15) is 0 Å². The molecule has 0 saturated carbocycles. The van der Waals surface area contributed by atoms with E-state index in [-0.39, 0.29) is 35.8 Å². The number of ether oxygens (including phenoxy) is 2. The summed E-state index contributed by atoms with van der Waals surface area (Å²) >= 11 is 0. The second-order valence-corrected chi connectivity index (χ2v) is 10.6. The molecule has 2 N–H and O–H groups in total. The Morgan fingerprint density at radius 2 is 1.58 bits per heavy atom. The number of primary amides is 1. The Bertz CT molecular complexity index is 710. The van der Waals surface area contributed by atoms with Gasteiger partial charge in [-0.1, -0.05) is 45.0 Å². The summed E-state index contributed by atoms with van der Waals surface area (Å²) in [4.78, 5) is 11.0. The summed E-state index contributed by atoms with van der Waals surface area (Å²) in [5.41, 5.74) is 6.66. The molecular weight excluding hydrogens is 393 g/mol. The second kappa shape index (κ2) is 9.93. The molecular formula is C24H40BNO5. The zero-order valence-corrected chi connectivity index (χ0v) is 20.5. The highest BCUT2D eigenvalue weighted by Crippen LogP contribution is 2.37. The first-order valence-corrected chi connectivity index (χ1v) is 11.2. The minimum atomic E-state index is -0.737. The third-order valence-corrected chi connectivity index (χ3v) is 6.67. The van der Waals surface area contributed by atoms with Gasteiger partial charge < -0.3 is 24.5 Å². The number of benzene rings is 1. The molecule has 1 heterocycles. The van der Waals surface area contributed by atoms with Crippen molar-refractivity contribution in [1.82, 2.24) is 0 Å². The highest BCUT2D eigenvalue weighted by Gasteiger charge is 2.51. The molecule has 1 fully saturated rings. The van der Waals surface area contributed by atoms with Crippen LogP contribution in [0.3, 0.4) is 0 Å². The lowest BCUT2D eigenvalue weighted by atomic mass is 9.77. The fraction of sp³-hybridized carbons (Fsp3) is 0.708. The van der Waals surface area contributed by atoms with Crippen LogP contribution < -0.4 is 11.2 Å². The number of hydrogen-bond donors (Lipinski definition) is 1. The Morgan fingerprint density at radius 1 is 1.03 bits per heavy atom. The lowest BCUT2D eigenvalue weighted by Crippen LogP contribution is -2.41. The van der Waals surface area contributed by atoms with E-state index in [9.17, 15) is 4.79 Å². The predicted octanol–water partition coefficient (Wildman–Crippen LogP) is 4.40. The summed E-state index contributed by atoms with van der Waals surface area (Å²) in [7, 11) is 1.38. The van der Waals surface area contributed by atoms with Gasteiger partial charge in [0.1, 0.15) is 0 Å². The number of nitrogens with two attached hydrogens (primary N) is 1. The van der Waals surface area contributed by atoms with Crippen LogP contribution in [0.1, 0.15) is 79.2 Å². The van der Waals surface area contributed by atoms with E-state index in [4.69, 9.17) is 24.5 Å². The van der Waals surface area contributed by atoms with Crippen molar-refractivity contribution >= 4 is 18.7 Å². The molecule has 174 valence electrons. The van der Waals surface area contributed by atoms with Gasteiger partial charge in [-0.3, -0.25) is 0 Å². The molecule has 2 unspecified atom stereocenters. The van der Waals surface area contributed by atoms with Crippen molar-refractivity contribution in [2.24, 2.45) is 11.1 Å². The molecule has 1 aliphatic rings. The van der Waals surface area contributed by atoms with Crippen molar-refractivity contribution in [3.63, 3.8) is 0 Å². The van der Waals surface area contributed by atoms with E-state index in [2.05, 4.69) is 72.7 Å². The zero-order chi connectivity index (χ0) is 23.4. The van der Waals surface area contributed by atoms with Crippen LogP contribution in [0.15, 0.2) is 24.3 Å². The summed E-state index contributed by atoms with van der Waals surface area (Å²) < 4.78 is 23.1. The van der Waals surface area contributed by atoms with Crippen molar-refractivity contribution in [2.75, 3.05) is 13.7 Å². The fourth-order valence-corrected chi connectivity index (χ4v) is 3.94. The van der Waals surface area contributed by atoms with Gasteiger partial charge in [0.15, 0.2) is 0 Å². The first-order valence-electron chi connectivity index (χ1n) is 11.2. The third-order valence-electron chi connectivity index (χ3n) is 6.67. The predicted molar refractivity (Wildman–Crippen MR) is 125 cm³/mol. The Hall–Kier alpha value is -1.57. The molecule has 0 spiro atoms. The Morgan fingerprint density at radius 3 is 2.03 bits per heavy atom. The minimum Gasteiger partial charge on any atom is -0.450 e. The average Bonchev–Trinajstić information content (AvgIpc) is 2.87. The first-order chi connectivity index (χ1) is 14.3. The fourth-order valence-electron chi connectivity index (χ4n) is 3.94. The smallest absolute Gasteiger partial charge is 0.450 e. The average molecular weight is 433 g/mol. The molecule has 31 heavy (non-hydrogen) atoms. The summed E-state index contributed by atoms with van der Waals surface area (Å²) in [6, 6.07) is 8.37. The summed E-state index contributed by atoms with van der Waals surface area (Å²) in [5.74, 6) is 0.228. The van der Waals surface area contributed by atoms with Gasteiger partial charge in [-0.25, -0.2) is 4.79 Å². The zero-order valence-electron chi connectivity index (χ0n) is 20.5. The lowest BCUT2D eigenvalue weighted by Gasteiger charge is -2.32. The van der Waals surface area contributed by atoms with E-state index < -0.39 is 6.09 Å². The van der Waals surface area contributed by atoms with Crippen LogP contribution in [-0.2, 0) is 18.8 Å². The third kappa shape index (κ3) is 6.71.